The van der Waals surface area contributed by atoms with Crippen LogP contribution in [0, 0.1) is 5.82 Å². The van der Waals surface area contributed by atoms with Crippen molar-refractivity contribution in [3.8, 4) is 0 Å². The maximum atomic E-state index is 13.6. The first-order chi connectivity index (χ1) is 8.66. The third-order valence-electron chi connectivity index (χ3n) is 2.88. The molecule has 0 bridgehead atoms. The normalized spacial score (nSPS) is 19.8. The maximum Gasteiger partial charge on any atom is 0.145 e. The summed E-state index contributed by atoms with van der Waals surface area (Å²) in [5, 5.41) is 3.20. The summed E-state index contributed by atoms with van der Waals surface area (Å²) in [6.45, 7) is 2.10. The molecular weight excluding hydrogens is 257 g/mol. The molecule has 1 N–H and O–H groups in total. The molecule has 1 aliphatic heterocycles. The van der Waals surface area contributed by atoms with Crippen LogP contribution in [0.15, 0.2) is 18.2 Å². The van der Waals surface area contributed by atoms with Crippen molar-refractivity contribution in [2.75, 3.05) is 19.7 Å². The molecule has 1 aromatic carbocycles. The Morgan fingerprint density at radius 1 is 1.56 bits per heavy atom. The lowest BCUT2D eigenvalue weighted by atomic mass is 10.0. The van der Waals surface area contributed by atoms with E-state index in [0.717, 1.165) is 6.54 Å². The molecule has 1 unspecified atom stereocenters. The predicted octanol–water partition coefficient (Wildman–Crippen LogP) is 1.97. The van der Waals surface area contributed by atoms with Gasteiger partial charge in [0.25, 0.3) is 0 Å². The molecule has 0 aliphatic carbocycles. The summed E-state index contributed by atoms with van der Waals surface area (Å²) in [4.78, 5) is 11.8. The van der Waals surface area contributed by atoms with Gasteiger partial charge in [0.1, 0.15) is 11.6 Å². The Labute approximate surface area is 110 Å². The molecular formula is C13H15ClFNO2. The highest BCUT2D eigenvalue weighted by Gasteiger charge is 2.18. The van der Waals surface area contributed by atoms with Crippen molar-refractivity contribution in [3.05, 3.63) is 34.6 Å². The molecule has 1 aliphatic rings. The molecule has 0 spiro atoms. The van der Waals surface area contributed by atoms with Crippen LogP contribution in [-0.4, -0.2) is 31.6 Å². The van der Waals surface area contributed by atoms with Crippen LogP contribution in [0.2, 0.25) is 5.02 Å². The van der Waals surface area contributed by atoms with Gasteiger partial charge in [-0.05, 0) is 11.6 Å². The van der Waals surface area contributed by atoms with Gasteiger partial charge in [-0.3, -0.25) is 4.79 Å². The summed E-state index contributed by atoms with van der Waals surface area (Å²) < 4.78 is 19.0. The summed E-state index contributed by atoms with van der Waals surface area (Å²) >= 11 is 5.67. The van der Waals surface area contributed by atoms with Crippen LogP contribution >= 0.6 is 11.6 Å². The largest absolute Gasteiger partial charge is 0.375 e. The fraction of sp³-hybridized carbons (Fsp3) is 0.462. The van der Waals surface area contributed by atoms with E-state index in [1.807, 2.05) is 0 Å². The third-order valence-corrected chi connectivity index (χ3v) is 3.17. The molecule has 98 valence electrons. The summed E-state index contributed by atoms with van der Waals surface area (Å²) in [6.07, 6.45) is 0.263. The van der Waals surface area contributed by atoms with Crippen LogP contribution in [0.5, 0.6) is 0 Å². The molecule has 0 aromatic heterocycles. The minimum absolute atomic E-state index is 0.0372. The van der Waals surface area contributed by atoms with Gasteiger partial charge in [0.15, 0.2) is 0 Å². The van der Waals surface area contributed by atoms with Gasteiger partial charge >= 0.3 is 0 Å². The smallest absolute Gasteiger partial charge is 0.145 e. The number of hydrogen-bond acceptors (Lipinski definition) is 3. The molecule has 0 saturated carbocycles. The van der Waals surface area contributed by atoms with Crippen molar-refractivity contribution in [1.82, 2.24) is 5.32 Å². The lowest BCUT2D eigenvalue weighted by molar-refractivity contribution is -0.121. The van der Waals surface area contributed by atoms with Gasteiger partial charge in [-0.1, -0.05) is 23.7 Å². The second-order valence-electron chi connectivity index (χ2n) is 4.33. The minimum atomic E-state index is -0.504. The Morgan fingerprint density at radius 2 is 2.39 bits per heavy atom. The summed E-state index contributed by atoms with van der Waals surface area (Å²) in [5.41, 5.74) is 0.344. The van der Waals surface area contributed by atoms with Crippen LogP contribution in [0.4, 0.5) is 4.39 Å². The van der Waals surface area contributed by atoms with E-state index in [4.69, 9.17) is 16.3 Å². The molecule has 1 atom stereocenters. The van der Waals surface area contributed by atoms with Crippen LogP contribution in [0.1, 0.15) is 12.0 Å². The van der Waals surface area contributed by atoms with E-state index in [0.29, 0.717) is 25.1 Å². The highest BCUT2D eigenvalue weighted by molar-refractivity contribution is 6.30. The number of nitrogens with one attached hydrogen (secondary N) is 1. The van der Waals surface area contributed by atoms with E-state index in [-0.39, 0.29) is 23.3 Å². The van der Waals surface area contributed by atoms with Crippen molar-refractivity contribution >= 4 is 17.4 Å². The number of ether oxygens (including phenoxy) is 1. The summed E-state index contributed by atoms with van der Waals surface area (Å²) in [5.74, 6) is -0.542. The standard InChI is InChI=1S/C13H15ClFNO2/c14-12-3-1-2-9(13(12)15)6-10(17)7-11-8-16-4-5-18-11/h1-3,11,16H,4-8H2. The minimum Gasteiger partial charge on any atom is -0.375 e. The lowest BCUT2D eigenvalue weighted by Gasteiger charge is -2.22. The van der Waals surface area contributed by atoms with Crippen molar-refractivity contribution < 1.29 is 13.9 Å². The van der Waals surface area contributed by atoms with Gasteiger partial charge < -0.3 is 10.1 Å². The SMILES string of the molecule is O=C(Cc1cccc(Cl)c1F)CC1CNCCO1. The molecule has 1 saturated heterocycles. The number of halogens is 2. The molecule has 2 rings (SSSR count). The van der Waals surface area contributed by atoms with Gasteiger partial charge in [0.05, 0.1) is 17.7 Å². The number of Topliss-reactive ketones (excluding diaryl/α,β-unsaturated/α-hetero) is 1. The molecule has 1 fully saturated rings. The number of ketones is 1. The first-order valence-electron chi connectivity index (χ1n) is 5.93. The highest BCUT2D eigenvalue weighted by atomic mass is 35.5. The van der Waals surface area contributed by atoms with Gasteiger partial charge in [0.2, 0.25) is 0 Å². The van der Waals surface area contributed by atoms with Crippen molar-refractivity contribution in [1.29, 1.82) is 0 Å². The zero-order valence-corrected chi connectivity index (χ0v) is 10.7. The number of morpholine rings is 1. The lowest BCUT2D eigenvalue weighted by Crippen LogP contribution is -2.39. The van der Waals surface area contributed by atoms with Crippen LogP contribution < -0.4 is 5.32 Å². The fourth-order valence-electron chi connectivity index (χ4n) is 1.97. The monoisotopic (exact) mass is 271 g/mol. The second-order valence-corrected chi connectivity index (χ2v) is 4.74. The number of rotatable bonds is 4. The second kappa shape index (κ2) is 6.27. The molecule has 1 aromatic rings. The zero-order valence-electron chi connectivity index (χ0n) is 9.92. The van der Waals surface area contributed by atoms with Crippen molar-refractivity contribution in [3.63, 3.8) is 0 Å². The Kier molecular flexibility index (Phi) is 4.69. The molecule has 18 heavy (non-hydrogen) atoms. The molecule has 3 nitrogen and oxygen atoms in total. The molecule has 0 radical (unpaired) electrons. The van der Waals surface area contributed by atoms with Crippen molar-refractivity contribution in [2.24, 2.45) is 0 Å². The van der Waals surface area contributed by atoms with Gasteiger partial charge in [-0.25, -0.2) is 4.39 Å². The predicted molar refractivity (Wildman–Crippen MR) is 67.3 cm³/mol. The number of hydrogen-bond donors (Lipinski definition) is 1. The average molecular weight is 272 g/mol. The Balaban J connectivity index is 1.92. The van der Waals surface area contributed by atoms with E-state index >= 15 is 0 Å². The van der Waals surface area contributed by atoms with E-state index in [9.17, 15) is 9.18 Å². The van der Waals surface area contributed by atoms with Gasteiger partial charge in [-0.15, -0.1) is 0 Å². The van der Waals surface area contributed by atoms with E-state index in [1.165, 1.54) is 6.07 Å². The Bertz CT molecular complexity index is 433. The zero-order chi connectivity index (χ0) is 13.0. The van der Waals surface area contributed by atoms with Crippen LogP contribution in [0.3, 0.4) is 0 Å². The highest BCUT2D eigenvalue weighted by Crippen LogP contribution is 2.19. The number of carbonyl (C=O) groups is 1. The van der Waals surface area contributed by atoms with Crippen molar-refractivity contribution in [2.45, 2.75) is 18.9 Å². The Hall–Kier alpha value is -0.970. The van der Waals surface area contributed by atoms with Gasteiger partial charge in [0, 0.05) is 25.9 Å². The number of benzene rings is 1. The van der Waals surface area contributed by atoms with Gasteiger partial charge in [-0.2, -0.15) is 0 Å². The summed E-state index contributed by atoms with van der Waals surface area (Å²) in [6, 6.07) is 4.70. The van der Waals surface area contributed by atoms with E-state index in [1.54, 1.807) is 12.1 Å². The third kappa shape index (κ3) is 3.51. The average Bonchev–Trinajstić information content (AvgIpc) is 2.36. The summed E-state index contributed by atoms with van der Waals surface area (Å²) in [7, 11) is 0. The van der Waals surface area contributed by atoms with Crippen LogP contribution in [0.25, 0.3) is 0 Å². The van der Waals surface area contributed by atoms with E-state index < -0.39 is 5.82 Å². The first kappa shape index (κ1) is 13.5. The maximum absolute atomic E-state index is 13.6. The quantitative estimate of drug-likeness (QED) is 0.910. The number of carbonyl (C=O) groups excluding carboxylic acids is 1. The molecule has 5 heteroatoms. The Morgan fingerprint density at radius 3 is 3.11 bits per heavy atom. The fourth-order valence-corrected chi connectivity index (χ4v) is 2.17. The van der Waals surface area contributed by atoms with Crippen LogP contribution in [-0.2, 0) is 16.0 Å². The molecule has 1 heterocycles. The topological polar surface area (TPSA) is 38.3 Å². The first-order valence-corrected chi connectivity index (χ1v) is 6.31. The van der Waals surface area contributed by atoms with E-state index in [2.05, 4.69) is 5.32 Å². The molecule has 0 amide bonds.